The number of methoxy groups -OCH3 is 1. The lowest BCUT2D eigenvalue weighted by Crippen LogP contribution is -2.02. The maximum Gasteiger partial charge on any atom is 0.213 e. The van der Waals surface area contributed by atoms with Gasteiger partial charge in [0, 0.05) is 17.0 Å². The van der Waals surface area contributed by atoms with E-state index in [1.807, 2.05) is 48.6 Å². The SMILES string of the molecule is COc1ccc2c(C(=O)C3=CC=CCC=C3)n[nH]c2c1. The van der Waals surface area contributed by atoms with Gasteiger partial charge in [-0.05, 0) is 18.6 Å². The molecule has 1 aliphatic rings. The fourth-order valence-electron chi connectivity index (χ4n) is 2.17. The molecule has 1 aromatic heterocycles. The van der Waals surface area contributed by atoms with Crippen LogP contribution < -0.4 is 4.74 Å². The summed E-state index contributed by atoms with van der Waals surface area (Å²) in [5, 5.41) is 7.83. The molecule has 100 valence electrons. The lowest BCUT2D eigenvalue weighted by Gasteiger charge is -2.00. The predicted octanol–water partition coefficient (Wildman–Crippen LogP) is 3.20. The Bertz CT molecular complexity index is 751. The molecule has 20 heavy (non-hydrogen) atoms. The van der Waals surface area contributed by atoms with E-state index in [1.165, 1.54) is 0 Å². The molecule has 0 amide bonds. The molecule has 0 bridgehead atoms. The van der Waals surface area contributed by atoms with Gasteiger partial charge in [0.2, 0.25) is 5.78 Å². The Kier molecular flexibility index (Phi) is 3.21. The van der Waals surface area contributed by atoms with E-state index in [0.29, 0.717) is 11.3 Å². The van der Waals surface area contributed by atoms with E-state index in [-0.39, 0.29) is 5.78 Å². The number of H-pyrrole nitrogens is 1. The predicted molar refractivity (Wildman–Crippen MR) is 78.0 cm³/mol. The number of ether oxygens (including phenoxy) is 1. The largest absolute Gasteiger partial charge is 0.497 e. The molecule has 1 aromatic carbocycles. The van der Waals surface area contributed by atoms with Crippen LogP contribution >= 0.6 is 0 Å². The van der Waals surface area contributed by atoms with Gasteiger partial charge in [0.1, 0.15) is 11.4 Å². The van der Waals surface area contributed by atoms with Crippen molar-refractivity contribution in [2.24, 2.45) is 0 Å². The van der Waals surface area contributed by atoms with Crippen LogP contribution in [0.2, 0.25) is 0 Å². The van der Waals surface area contributed by atoms with Crippen LogP contribution in [0.25, 0.3) is 10.9 Å². The first kappa shape index (κ1) is 12.4. The molecule has 0 saturated heterocycles. The normalized spacial score (nSPS) is 14.2. The van der Waals surface area contributed by atoms with Crippen molar-refractivity contribution in [3.63, 3.8) is 0 Å². The molecule has 1 N–H and O–H groups in total. The van der Waals surface area contributed by atoms with Crippen molar-refractivity contribution in [1.82, 2.24) is 10.2 Å². The number of benzene rings is 1. The number of ketones is 1. The maximum absolute atomic E-state index is 12.5. The van der Waals surface area contributed by atoms with Gasteiger partial charge in [-0.1, -0.05) is 30.4 Å². The van der Waals surface area contributed by atoms with Crippen LogP contribution in [0.4, 0.5) is 0 Å². The third-order valence-corrected chi connectivity index (χ3v) is 3.23. The van der Waals surface area contributed by atoms with Crippen molar-refractivity contribution in [2.45, 2.75) is 6.42 Å². The van der Waals surface area contributed by atoms with Crippen molar-refractivity contribution >= 4 is 16.7 Å². The van der Waals surface area contributed by atoms with Gasteiger partial charge in [-0.15, -0.1) is 0 Å². The van der Waals surface area contributed by atoms with E-state index in [2.05, 4.69) is 10.2 Å². The summed E-state index contributed by atoms with van der Waals surface area (Å²) in [6, 6.07) is 5.50. The second kappa shape index (κ2) is 5.17. The first-order valence-electron chi connectivity index (χ1n) is 6.40. The maximum atomic E-state index is 12.5. The summed E-state index contributed by atoms with van der Waals surface area (Å²) in [5.41, 5.74) is 1.87. The monoisotopic (exact) mass is 266 g/mol. The van der Waals surface area contributed by atoms with Crippen LogP contribution in [0.1, 0.15) is 16.9 Å². The number of fused-ring (bicyclic) bond motifs is 1. The molecule has 1 aliphatic carbocycles. The second-order valence-corrected chi connectivity index (χ2v) is 4.50. The minimum absolute atomic E-state index is 0.0794. The van der Waals surface area contributed by atoms with E-state index < -0.39 is 0 Å². The molecule has 1 heterocycles. The van der Waals surface area contributed by atoms with Crippen LogP contribution in [0.5, 0.6) is 5.75 Å². The summed E-state index contributed by atoms with van der Waals surface area (Å²) >= 11 is 0. The van der Waals surface area contributed by atoms with Crippen LogP contribution in [-0.2, 0) is 0 Å². The topological polar surface area (TPSA) is 55.0 Å². The van der Waals surface area contributed by atoms with Crippen LogP contribution in [0.3, 0.4) is 0 Å². The van der Waals surface area contributed by atoms with Crippen molar-refractivity contribution in [1.29, 1.82) is 0 Å². The Balaban J connectivity index is 2.04. The highest BCUT2D eigenvalue weighted by Crippen LogP contribution is 2.23. The fourth-order valence-corrected chi connectivity index (χ4v) is 2.17. The summed E-state index contributed by atoms with van der Waals surface area (Å²) in [6.07, 6.45) is 10.4. The molecular weight excluding hydrogens is 252 g/mol. The molecule has 0 unspecified atom stereocenters. The zero-order chi connectivity index (χ0) is 13.9. The molecule has 0 fully saturated rings. The summed E-state index contributed by atoms with van der Waals surface area (Å²) in [7, 11) is 1.61. The molecular formula is C16H14N2O2. The van der Waals surface area contributed by atoms with Gasteiger partial charge in [0.15, 0.2) is 0 Å². The number of Topliss-reactive ketones (excluding diaryl/α,β-unsaturated/α-hetero) is 1. The van der Waals surface area contributed by atoms with Crippen molar-refractivity contribution < 1.29 is 9.53 Å². The third-order valence-electron chi connectivity index (χ3n) is 3.23. The molecule has 3 rings (SSSR count). The van der Waals surface area contributed by atoms with Gasteiger partial charge >= 0.3 is 0 Å². The minimum atomic E-state index is -0.0794. The standard InChI is InChI=1S/C16H14N2O2/c1-20-12-8-9-13-14(10-12)17-18-15(13)16(19)11-6-4-2-3-5-7-11/h2,4-10H,3H2,1H3,(H,17,18). The van der Waals surface area contributed by atoms with E-state index in [4.69, 9.17) is 4.74 Å². The van der Waals surface area contributed by atoms with Crippen LogP contribution in [0.15, 0.2) is 54.2 Å². The molecule has 0 spiro atoms. The van der Waals surface area contributed by atoms with Crippen LogP contribution in [0, 0.1) is 0 Å². The summed E-state index contributed by atoms with van der Waals surface area (Å²) in [6.45, 7) is 0. The first-order chi connectivity index (χ1) is 9.79. The van der Waals surface area contributed by atoms with Gasteiger partial charge in [-0.2, -0.15) is 5.10 Å². The zero-order valence-electron chi connectivity index (χ0n) is 11.1. The number of aromatic nitrogens is 2. The smallest absolute Gasteiger partial charge is 0.213 e. The molecule has 4 nitrogen and oxygen atoms in total. The molecule has 0 aliphatic heterocycles. The van der Waals surface area contributed by atoms with E-state index in [9.17, 15) is 4.79 Å². The number of carbonyl (C=O) groups is 1. The van der Waals surface area contributed by atoms with Gasteiger partial charge in [-0.3, -0.25) is 9.89 Å². The zero-order valence-corrected chi connectivity index (χ0v) is 11.1. The lowest BCUT2D eigenvalue weighted by atomic mass is 10.0. The number of nitrogens with zero attached hydrogens (tertiary/aromatic N) is 1. The van der Waals surface area contributed by atoms with Gasteiger partial charge in [0.25, 0.3) is 0 Å². The molecule has 0 saturated carbocycles. The highest BCUT2D eigenvalue weighted by atomic mass is 16.5. The van der Waals surface area contributed by atoms with E-state index in [0.717, 1.165) is 23.1 Å². The summed E-state index contributed by atoms with van der Waals surface area (Å²) < 4.78 is 5.16. The Morgan fingerprint density at radius 1 is 1.35 bits per heavy atom. The average Bonchev–Trinajstić information content (AvgIpc) is 2.71. The molecule has 4 heteroatoms. The first-order valence-corrected chi connectivity index (χ1v) is 6.40. The summed E-state index contributed by atoms with van der Waals surface area (Å²) in [4.78, 5) is 12.5. The summed E-state index contributed by atoms with van der Waals surface area (Å²) in [5.74, 6) is 0.654. The Morgan fingerprint density at radius 3 is 3.10 bits per heavy atom. The Morgan fingerprint density at radius 2 is 2.25 bits per heavy atom. The molecule has 0 radical (unpaired) electrons. The number of carbonyl (C=O) groups excluding carboxylic acids is 1. The molecule has 2 aromatic rings. The van der Waals surface area contributed by atoms with Crippen molar-refractivity contribution in [3.05, 3.63) is 59.8 Å². The van der Waals surface area contributed by atoms with Crippen LogP contribution in [-0.4, -0.2) is 23.1 Å². The van der Waals surface area contributed by atoms with Gasteiger partial charge < -0.3 is 4.74 Å². The van der Waals surface area contributed by atoms with Gasteiger partial charge in [0.05, 0.1) is 12.6 Å². The number of hydrogen-bond donors (Lipinski definition) is 1. The third kappa shape index (κ3) is 2.16. The quantitative estimate of drug-likeness (QED) is 0.868. The van der Waals surface area contributed by atoms with E-state index >= 15 is 0 Å². The Hall–Kier alpha value is -2.62. The van der Waals surface area contributed by atoms with Gasteiger partial charge in [-0.25, -0.2) is 0 Å². The van der Waals surface area contributed by atoms with Crippen molar-refractivity contribution in [2.75, 3.05) is 7.11 Å². The number of aromatic amines is 1. The molecule has 0 atom stereocenters. The fraction of sp³-hybridized carbons (Fsp3) is 0.125. The highest BCUT2D eigenvalue weighted by Gasteiger charge is 2.17. The number of hydrogen-bond acceptors (Lipinski definition) is 3. The second-order valence-electron chi connectivity index (χ2n) is 4.50. The average molecular weight is 266 g/mol. The highest BCUT2D eigenvalue weighted by molar-refractivity contribution is 6.16. The minimum Gasteiger partial charge on any atom is -0.497 e. The number of rotatable bonds is 3. The number of nitrogens with one attached hydrogen (secondary N) is 1. The van der Waals surface area contributed by atoms with E-state index in [1.54, 1.807) is 7.11 Å². The number of allylic oxidation sites excluding steroid dienone is 6. The Labute approximate surface area is 116 Å². The van der Waals surface area contributed by atoms with Crippen molar-refractivity contribution in [3.8, 4) is 5.75 Å². The lowest BCUT2D eigenvalue weighted by molar-refractivity contribution is 0.103.